The SMILES string of the molecule is Cc1cccc(C)c1OC1CN(C(=O)CCn2ccc(=O)[nH]c2=O)C1. The number of nitrogens with one attached hydrogen (secondary N) is 1. The summed E-state index contributed by atoms with van der Waals surface area (Å²) in [5.41, 5.74) is 1.23. The lowest BCUT2D eigenvalue weighted by molar-refractivity contribution is -0.140. The van der Waals surface area contributed by atoms with Gasteiger partial charge in [0.05, 0.1) is 13.1 Å². The first-order chi connectivity index (χ1) is 11.9. The van der Waals surface area contributed by atoms with Crippen molar-refractivity contribution in [2.24, 2.45) is 0 Å². The maximum atomic E-state index is 12.2. The van der Waals surface area contributed by atoms with Gasteiger partial charge in [0.2, 0.25) is 5.91 Å². The molecule has 0 saturated carbocycles. The zero-order valence-electron chi connectivity index (χ0n) is 14.3. The van der Waals surface area contributed by atoms with Crippen LogP contribution in [0.1, 0.15) is 17.5 Å². The predicted molar refractivity (Wildman–Crippen MR) is 92.9 cm³/mol. The van der Waals surface area contributed by atoms with Gasteiger partial charge in [-0.2, -0.15) is 0 Å². The van der Waals surface area contributed by atoms with Crippen LogP contribution >= 0.6 is 0 Å². The van der Waals surface area contributed by atoms with Crippen LogP contribution in [0.4, 0.5) is 0 Å². The van der Waals surface area contributed by atoms with Crippen LogP contribution < -0.4 is 16.0 Å². The Morgan fingerprint density at radius 2 is 1.88 bits per heavy atom. The monoisotopic (exact) mass is 343 g/mol. The van der Waals surface area contributed by atoms with Crippen LogP contribution in [0.25, 0.3) is 0 Å². The minimum absolute atomic E-state index is 0.000414. The van der Waals surface area contributed by atoms with Crippen LogP contribution in [0, 0.1) is 13.8 Å². The number of ether oxygens (including phenoxy) is 1. The van der Waals surface area contributed by atoms with Crippen LogP contribution in [0.5, 0.6) is 5.75 Å². The summed E-state index contributed by atoms with van der Waals surface area (Å²) >= 11 is 0. The number of amides is 1. The highest BCUT2D eigenvalue weighted by atomic mass is 16.5. The Morgan fingerprint density at radius 1 is 1.20 bits per heavy atom. The van der Waals surface area contributed by atoms with E-state index in [1.165, 1.54) is 16.8 Å². The van der Waals surface area contributed by atoms with Crippen LogP contribution in [0.2, 0.25) is 0 Å². The van der Waals surface area contributed by atoms with Crippen molar-refractivity contribution in [3.05, 3.63) is 62.4 Å². The number of hydrogen-bond acceptors (Lipinski definition) is 4. The molecule has 3 rings (SSSR count). The van der Waals surface area contributed by atoms with Crippen molar-refractivity contribution in [2.75, 3.05) is 13.1 Å². The molecule has 1 aromatic carbocycles. The number of rotatable bonds is 5. The van der Waals surface area contributed by atoms with Crippen molar-refractivity contribution >= 4 is 5.91 Å². The summed E-state index contributed by atoms with van der Waals surface area (Å²) in [6.45, 7) is 5.35. The molecular formula is C18H21N3O4. The Kier molecular flexibility index (Phi) is 4.74. The van der Waals surface area contributed by atoms with Crippen molar-refractivity contribution in [3.63, 3.8) is 0 Å². The molecule has 0 spiro atoms. The highest BCUT2D eigenvalue weighted by Crippen LogP contribution is 2.26. The van der Waals surface area contributed by atoms with Gasteiger partial charge in [0.25, 0.3) is 5.56 Å². The van der Waals surface area contributed by atoms with E-state index in [4.69, 9.17) is 4.74 Å². The quantitative estimate of drug-likeness (QED) is 0.872. The molecule has 0 atom stereocenters. The number of carbonyl (C=O) groups is 1. The van der Waals surface area contributed by atoms with Gasteiger partial charge >= 0.3 is 5.69 Å². The summed E-state index contributed by atoms with van der Waals surface area (Å²) in [5, 5.41) is 0. The molecule has 0 unspecified atom stereocenters. The van der Waals surface area contributed by atoms with Gasteiger partial charge in [-0.1, -0.05) is 18.2 Å². The van der Waals surface area contributed by atoms with Gasteiger partial charge in [-0.3, -0.25) is 14.6 Å². The van der Waals surface area contributed by atoms with Gasteiger partial charge in [-0.25, -0.2) is 4.79 Å². The van der Waals surface area contributed by atoms with Crippen LogP contribution in [0.3, 0.4) is 0 Å². The summed E-state index contributed by atoms with van der Waals surface area (Å²) in [7, 11) is 0. The largest absolute Gasteiger partial charge is 0.486 e. The first-order valence-corrected chi connectivity index (χ1v) is 8.24. The van der Waals surface area contributed by atoms with Crippen molar-refractivity contribution in [3.8, 4) is 5.75 Å². The van der Waals surface area contributed by atoms with Crippen LogP contribution in [0.15, 0.2) is 40.1 Å². The zero-order chi connectivity index (χ0) is 18.0. The normalized spacial score (nSPS) is 14.2. The smallest absolute Gasteiger partial charge is 0.328 e. The lowest BCUT2D eigenvalue weighted by atomic mass is 10.1. The third-order valence-electron chi connectivity index (χ3n) is 4.36. The Hall–Kier alpha value is -2.83. The van der Waals surface area contributed by atoms with E-state index in [9.17, 15) is 14.4 Å². The standard InChI is InChI=1S/C18H21N3O4/c1-12-4-3-5-13(2)17(12)25-14-10-21(11-14)16(23)7-9-20-8-6-15(22)19-18(20)24/h3-6,8,14H,7,9-11H2,1-2H3,(H,19,22,24). The average molecular weight is 343 g/mol. The third-order valence-corrected chi connectivity index (χ3v) is 4.36. The third kappa shape index (κ3) is 3.81. The summed E-state index contributed by atoms with van der Waals surface area (Å²) in [5.74, 6) is 0.860. The number of H-pyrrole nitrogens is 1. The van der Waals surface area contributed by atoms with Crippen molar-refractivity contribution in [1.82, 2.24) is 14.5 Å². The zero-order valence-corrected chi connectivity index (χ0v) is 14.3. The molecule has 1 amide bonds. The molecule has 1 aliphatic rings. The molecule has 7 nitrogen and oxygen atoms in total. The predicted octanol–water partition coefficient (Wildman–Crippen LogP) is 0.833. The van der Waals surface area contributed by atoms with E-state index >= 15 is 0 Å². The minimum atomic E-state index is -0.500. The topological polar surface area (TPSA) is 84.4 Å². The first kappa shape index (κ1) is 17.0. The van der Waals surface area contributed by atoms with E-state index in [1.54, 1.807) is 4.90 Å². The number of aromatic nitrogens is 2. The molecule has 0 bridgehead atoms. The molecule has 7 heteroatoms. The van der Waals surface area contributed by atoms with Gasteiger partial charge in [-0.05, 0) is 25.0 Å². The molecule has 132 valence electrons. The van der Waals surface area contributed by atoms with Crippen molar-refractivity contribution in [1.29, 1.82) is 0 Å². The summed E-state index contributed by atoms with van der Waals surface area (Å²) in [6, 6.07) is 7.27. The molecule has 2 aromatic rings. The molecule has 1 aliphatic heterocycles. The Labute approximate surface area is 144 Å². The lowest BCUT2D eigenvalue weighted by Gasteiger charge is -2.39. The van der Waals surface area contributed by atoms with E-state index in [1.807, 2.05) is 32.0 Å². The van der Waals surface area contributed by atoms with E-state index in [2.05, 4.69) is 4.98 Å². The minimum Gasteiger partial charge on any atom is -0.486 e. The first-order valence-electron chi connectivity index (χ1n) is 8.24. The molecule has 25 heavy (non-hydrogen) atoms. The number of aromatic amines is 1. The van der Waals surface area contributed by atoms with Crippen LogP contribution in [-0.2, 0) is 11.3 Å². The fraction of sp³-hybridized carbons (Fsp3) is 0.389. The fourth-order valence-corrected chi connectivity index (χ4v) is 2.86. The second-order valence-corrected chi connectivity index (χ2v) is 6.31. The number of para-hydroxylation sites is 1. The summed E-state index contributed by atoms with van der Waals surface area (Å²) < 4.78 is 7.32. The second-order valence-electron chi connectivity index (χ2n) is 6.31. The number of benzene rings is 1. The number of carbonyl (C=O) groups excluding carboxylic acids is 1. The average Bonchev–Trinajstić information content (AvgIpc) is 2.51. The molecule has 2 heterocycles. The molecule has 1 saturated heterocycles. The maximum Gasteiger partial charge on any atom is 0.328 e. The van der Waals surface area contributed by atoms with E-state index in [0.717, 1.165) is 16.9 Å². The maximum absolute atomic E-state index is 12.2. The van der Waals surface area contributed by atoms with Crippen LogP contribution in [-0.4, -0.2) is 39.6 Å². The Balaban J connectivity index is 1.50. The fourth-order valence-electron chi connectivity index (χ4n) is 2.86. The molecule has 1 aromatic heterocycles. The van der Waals surface area contributed by atoms with Crippen molar-refractivity contribution < 1.29 is 9.53 Å². The van der Waals surface area contributed by atoms with Gasteiger partial charge in [0.15, 0.2) is 0 Å². The highest BCUT2D eigenvalue weighted by Gasteiger charge is 2.32. The summed E-state index contributed by atoms with van der Waals surface area (Å²) in [4.78, 5) is 38.7. The van der Waals surface area contributed by atoms with E-state index < -0.39 is 11.2 Å². The van der Waals surface area contributed by atoms with Gasteiger partial charge in [-0.15, -0.1) is 0 Å². The molecule has 0 aliphatic carbocycles. The molecular weight excluding hydrogens is 322 g/mol. The number of hydrogen-bond donors (Lipinski definition) is 1. The van der Waals surface area contributed by atoms with E-state index in [0.29, 0.717) is 13.1 Å². The van der Waals surface area contributed by atoms with Crippen molar-refractivity contribution in [2.45, 2.75) is 32.9 Å². The van der Waals surface area contributed by atoms with Gasteiger partial charge < -0.3 is 14.2 Å². The Bertz CT molecular complexity index is 873. The van der Waals surface area contributed by atoms with Gasteiger partial charge in [0.1, 0.15) is 11.9 Å². The lowest BCUT2D eigenvalue weighted by Crippen LogP contribution is -2.56. The van der Waals surface area contributed by atoms with E-state index in [-0.39, 0.29) is 25.0 Å². The Morgan fingerprint density at radius 3 is 2.52 bits per heavy atom. The summed E-state index contributed by atoms with van der Waals surface area (Å²) in [6.07, 6.45) is 1.61. The van der Waals surface area contributed by atoms with Gasteiger partial charge in [0, 0.05) is 25.2 Å². The second kappa shape index (κ2) is 6.96. The molecule has 1 fully saturated rings. The highest BCUT2D eigenvalue weighted by molar-refractivity contribution is 5.77. The molecule has 0 radical (unpaired) electrons. The number of aryl methyl sites for hydroxylation is 3. The number of likely N-dealkylation sites (tertiary alicyclic amines) is 1. The molecule has 1 N–H and O–H groups in total. The number of nitrogens with zero attached hydrogens (tertiary/aromatic N) is 2.